The number of ether oxygens (including phenoxy) is 1. The number of rotatable bonds is 3. The lowest BCUT2D eigenvalue weighted by molar-refractivity contribution is -0.115. The molecule has 2 aromatic rings. The number of phenolic OH excluding ortho intramolecular Hbond substituents is 1. The van der Waals surface area contributed by atoms with Gasteiger partial charge in [0, 0.05) is 11.1 Å². The SMILES string of the molecule is COC1=C(c2ccccc2O)C(=O)C=C(c2ccccc2)C1=O. The highest BCUT2D eigenvalue weighted by molar-refractivity contribution is 6.45. The Morgan fingerprint density at radius 3 is 2.22 bits per heavy atom. The van der Waals surface area contributed by atoms with Gasteiger partial charge >= 0.3 is 0 Å². The van der Waals surface area contributed by atoms with Crippen molar-refractivity contribution < 1.29 is 19.4 Å². The summed E-state index contributed by atoms with van der Waals surface area (Å²) in [7, 11) is 1.34. The van der Waals surface area contributed by atoms with E-state index in [9.17, 15) is 14.7 Å². The smallest absolute Gasteiger partial charge is 0.229 e. The molecule has 3 rings (SSSR count). The minimum atomic E-state index is -0.378. The van der Waals surface area contributed by atoms with E-state index in [-0.39, 0.29) is 39.8 Å². The van der Waals surface area contributed by atoms with Crippen LogP contribution in [0.2, 0.25) is 0 Å². The number of ketones is 2. The van der Waals surface area contributed by atoms with Gasteiger partial charge in [-0.25, -0.2) is 0 Å². The lowest BCUT2D eigenvalue weighted by atomic mass is 9.87. The minimum Gasteiger partial charge on any atom is -0.507 e. The van der Waals surface area contributed by atoms with Crippen LogP contribution in [0.5, 0.6) is 5.75 Å². The van der Waals surface area contributed by atoms with Crippen LogP contribution in [0.25, 0.3) is 11.1 Å². The van der Waals surface area contributed by atoms with Crippen molar-refractivity contribution in [2.24, 2.45) is 0 Å². The van der Waals surface area contributed by atoms with Crippen molar-refractivity contribution in [3.05, 3.63) is 77.6 Å². The normalized spacial score (nSPS) is 14.7. The third-order valence-electron chi connectivity index (χ3n) is 3.66. The fourth-order valence-electron chi connectivity index (χ4n) is 2.58. The van der Waals surface area contributed by atoms with Gasteiger partial charge in [-0.1, -0.05) is 48.5 Å². The summed E-state index contributed by atoms with van der Waals surface area (Å²) < 4.78 is 5.20. The number of carbonyl (C=O) groups excluding carboxylic acids is 2. The Kier molecular flexibility index (Phi) is 3.81. The first-order valence-corrected chi connectivity index (χ1v) is 7.06. The van der Waals surface area contributed by atoms with Crippen molar-refractivity contribution >= 4 is 22.7 Å². The maximum atomic E-state index is 12.7. The zero-order valence-electron chi connectivity index (χ0n) is 12.4. The Labute approximate surface area is 133 Å². The van der Waals surface area contributed by atoms with Crippen molar-refractivity contribution in [1.82, 2.24) is 0 Å². The molecule has 0 aromatic heterocycles. The molecule has 0 saturated carbocycles. The average Bonchev–Trinajstić information content (AvgIpc) is 2.58. The van der Waals surface area contributed by atoms with Gasteiger partial charge in [-0.15, -0.1) is 0 Å². The van der Waals surface area contributed by atoms with E-state index in [1.54, 1.807) is 42.5 Å². The molecular weight excluding hydrogens is 292 g/mol. The largest absolute Gasteiger partial charge is 0.507 e. The Morgan fingerprint density at radius 1 is 0.913 bits per heavy atom. The van der Waals surface area contributed by atoms with E-state index in [4.69, 9.17) is 4.74 Å². The number of aromatic hydroxyl groups is 1. The summed E-state index contributed by atoms with van der Waals surface area (Å²) in [6.07, 6.45) is 1.29. The van der Waals surface area contributed by atoms with E-state index in [0.29, 0.717) is 5.56 Å². The first-order valence-electron chi connectivity index (χ1n) is 7.06. The summed E-state index contributed by atoms with van der Waals surface area (Å²) >= 11 is 0. The topological polar surface area (TPSA) is 63.6 Å². The number of carbonyl (C=O) groups is 2. The van der Waals surface area contributed by atoms with E-state index in [0.717, 1.165) is 0 Å². The highest BCUT2D eigenvalue weighted by Crippen LogP contribution is 2.35. The number of methoxy groups -OCH3 is 1. The molecular formula is C19H14O4. The molecule has 0 fully saturated rings. The summed E-state index contributed by atoms with van der Waals surface area (Å²) in [5.74, 6) is -0.883. The number of hydrogen-bond acceptors (Lipinski definition) is 4. The second-order valence-corrected chi connectivity index (χ2v) is 5.04. The van der Waals surface area contributed by atoms with Gasteiger partial charge in [0.05, 0.1) is 12.7 Å². The monoisotopic (exact) mass is 306 g/mol. The van der Waals surface area contributed by atoms with Crippen LogP contribution in [0.3, 0.4) is 0 Å². The molecule has 2 aromatic carbocycles. The molecule has 4 heteroatoms. The third kappa shape index (κ3) is 2.55. The van der Waals surface area contributed by atoms with E-state index >= 15 is 0 Å². The van der Waals surface area contributed by atoms with Gasteiger partial charge in [0.2, 0.25) is 5.78 Å². The van der Waals surface area contributed by atoms with Crippen molar-refractivity contribution in [3.63, 3.8) is 0 Å². The Bertz CT molecular complexity index is 845. The van der Waals surface area contributed by atoms with Gasteiger partial charge < -0.3 is 9.84 Å². The predicted octanol–water partition coefficient (Wildman–Crippen LogP) is 2.99. The summed E-state index contributed by atoms with van der Waals surface area (Å²) in [4.78, 5) is 25.3. The van der Waals surface area contributed by atoms with Crippen LogP contribution in [-0.2, 0) is 14.3 Å². The van der Waals surface area contributed by atoms with Crippen molar-refractivity contribution in [3.8, 4) is 5.75 Å². The fraction of sp³-hybridized carbons (Fsp3) is 0.0526. The minimum absolute atomic E-state index is 0.0575. The van der Waals surface area contributed by atoms with Crippen LogP contribution in [0.1, 0.15) is 11.1 Å². The van der Waals surface area contributed by atoms with Crippen LogP contribution in [0, 0.1) is 0 Å². The van der Waals surface area contributed by atoms with Crippen molar-refractivity contribution in [2.45, 2.75) is 0 Å². The Hall–Kier alpha value is -3.14. The van der Waals surface area contributed by atoms with Gasteiger partial charge in [0.25, 0.3) is 0 Å². The second-order valence-electron chi connectivity index (χ2n) is 5.04. The lowest BCUT2D eigenvalue weighted by Crippen LogP contribution is -2.19. The molecule has 0 atom stereocenters. The number of Topliss-reactive ketones (excluding diaryl/α,β-unsaturated/α-hetero) is 1. The number of phenols is 1. The molecule has 0 saturated heterocycles. The first kappa shape index (κ1) is 14.8. The second kappa shape index (κ2) is 5.93. The van der Waals surface area contributed by atoms with Gasteiger partial charge in [-0.3, -0.25) is 9.59 Å². The van der Waals surface area contributed by atoms with Crippen molar-refractivity contribution in [1.29, 1.82) is 0 Å². The number of para-hydroxylation sites is 1. The molecule has 0 aliphatic heterocycles. The standard InChI is InChI=1S/C19H14O4/c1-23-19-17(13-9-5-6-10-15(13)20)16(21)11-14(18(19)22)12-7-3-2-4-8-12/h2-11,20H,1H3. The van der Waals surface area contributed by atoms with E-state index < -0.39 is 0 Å². The quantitative estimate of drug-likeness (QED) is 0.885. The predicted molar refractivity (Wildman–Crippen MR) is 86.5 cm³/mol. The average molecular weight is 306 g/mol. The van der Waals surface area contributed by atoms with E-state index in [2.05, 4.69) is 0 Å². The zero-order chi connectivity index (χ0) is 16.4. The van der Waals surface area contributed by atoms with E-state index in [1.165, 1.54) is 19.3 Å². The molecule has 0 radical (unpaired) electrons. The molecule has 0 amide bonds. The molecule has 23 heavy (non-hydrogen) atoms. The van der Waals surface area contributed by atoms with Crippen LogP contribution >= 0.6 is 0 Å². The van der Waals surface area contributed by atoms with Crippen molar-refractivity contribution in [2.75, 3.05) is 7.11 Å². The third-order valence-corrected chi connectivity index (χ3v) is 3.66. The summed E-state index contributed by atoms with van der Waals surface area (Å²) in [5.41, 5.74) is 1.30. The Morgan fingerprint density at radius 2 is 1.57 bits per heavy atom. The van der Waals surface area contributed by atoms with Gasteiger partial charge in [0.15, 0.2) is 11.5 Å². The highest BCUT2D eigenvalue weighted by atomic mass is 16.5. The van der Waals surface area contributed by atoms with Gasteiger partial charge in [0.1, 0.15) is 5.75 Å². The number of allylic oxidation sites excluding steroid dienone is 3. The molecule has 0 heterocycles. The molecule has 1 aliphatic rings. The van der Waals surface area contributed by atoms with Crippen LogP contribution < -0.4 is 0 Å². The maximum Gasteiger partial charge on any atom is 0.229 e. The van der Waals surface area contributed by atoms with Gasteiger partial charge in [-0.2, -0.15) is 0 Å². The number of hydrogen-bond donors (Lipinski definition) is 1. The maximum absolute atomic E-state index is 12.7. The highest BCUT2D eigenvalue weighted by Gasteiger charge is 2.32. The molecule has 1 N–H and O–H groups in total. The van der Waals surface area contributed by atoms with Gasteiger partial charge in [-0.05, 0) is 17.7 Å². The zero-order valence-corrected chi connectivity index (χ0v) is 12.4. The molecule has 1 aliphatic carbocycles. The first-order chi connectivity index (χ1) is 11.1. The Balaban J connectivity index is 2.15. The van der Waals surface area contributed by atoms with Crippen LogP contribution in [0.15, 0.2) is 66.4 Å². The molecule has 0 bridgehead atoms. The molecule has 0 unspecified atom stereocenters. The van der Waals surface area contributed by atoms with Crippen LogP contribution in [0.4, 0.5) is 0 Å². The summed E-state index contributed by atoms with van der Waals surface area (Å²) in [5, 5.41) is 9.99. The summed E-state index contributed by atoms with van der Waals surface area (Å²) in [6.45, 7) is 0. The molecule has 0 spiro atoms. The lowest BCUT2D eigenvalue weighted by Gasteiger charge is -2.19. The molecule has 114 valence electrons. The molecule has 4 nitrogen and oxygen atoms in total. The van der Waals surface area contributed by atoms with Crippen LogP contribution in [-0.4, -0.2) is 23.8 Å². The fourth-order valence-corrected chi connectivity index (χ4v) is 2.58. The summed E-state index contributed by atoms with van der Waals surface area (Å²) in [6, 6.07) is 15.3. The number of benzene rings is 2. The van der Waals surface area contributed by atoms with E-state index in [1.807, 2.05) is 6.07 Å².